The number of rotatable bonds is 9. The summed E-state index contributed by atoms with van der Waals surface area (Å²) in [6.45, 7) is 2.31. The van der Waals surface area contributed by atoms with Gasteiger partial charge in [-0.1, -0.05) is 0 Å². The zero-order valence-electron chi connectivity index (χ0n) is 13.5. The Labute approximate surface area is 143 Å². The molecule has 130 valence electrons. The Hall–Kier alpha value is -1.79. The molecular weight excluding hydrogens is 320 g/mol. The van der Waals surface area contributed by atoms with Gasteiger partial charge in [0.2, 0.25) is 5.91 Å². The number of methoxy groups -OCH3 is 1. The van der Waals surface area contributed by atoms with Crippen molar-refractivity contribution >= 4 is 30.0 Å². The van der Waals surface area contributed by atoms with Crippen LogP contribution in [0.3, 0.4) is 0 Å². The summed E-state index contributed by atoms with van der Waals surface area (Å²) in [7, 11) is 1.37. The number of carbonyl (C=O) groups is 2. The lowest BCUT2D eigenvalue weighted by Crippen LogP contribution is -2.19. The Morgan fingerprint density at radius 2 is 1.87 bits per heavy atom. The highest BCUT2D eigenvalue weighted by atomic mass is 35.5. The predicted molar refractivity (Wildman–Crippen MR) is 91.9 cm³/mol. The van der Waals surface area contributed by atoms with Crippen LogP contribution in [-0.2, 0) is 14.3 Å². The smallest absolute Gasteiger partial charge is 0.305 e. The zero-order chi connectivity index (χ0) is 16.4. The van der Waals surface area contributed by atoms with E-state index in [9.17, 15) is 9.59 Å². The monoisotopic (exact) mass is 344 g/mol. The van der Waals surface area contributed by atoms with Crippen LogP contribution < -0.4 is 15.8 Å². The third-order valence-corrected chi connectivity index (χ3v) is 2.99. The normalized spacial score (nSPS) is 11.1. The standard InChI is InChI=1S/C16H24N2O4.ClH/c1-12(17)5-10-15(19)18-13-6-8-14(9-7-13)22-11-3-4-16(20)21-2;/h6-9,12H,3-5,10-11,17H2,1-2H3,(H,18,19);1H. The number of halogens is 1. The molecule has 7 heteroatoms. The van der Waals surface area contributed by atoms with Gasteiger partial charge in [-0.3, -0.25) is 9.59 Å². The quantitative estimate of drug-likeness (QED) is 0.530. The largest absolute Gasteiger partial charge is 0.494 e. The molecule has 1 aromatic carbocycles. The van der Waals surface area contributed by atoms with E-state index in [0.29, 0.717) is 38.0 Å². The SMILES string of the molecule is COC(=O)CCCOc1ccc(NC(=O)CCC(C)N)cc1.Cl. The van der Waals surface area contributed by atoms with Crippen molar-refractivity contribution in [3.63, 3.8) is 0 Å². The van der Waals surface area contributed by atoms with Crippen LogP contribution in [0, 0.1) is 0 Å². The van der Waals surface area contributed by atoms with Crippen LogP contribution in [0.15, 0.2) is 24.3 Å². The predicted octanol–water partition coefficient (Wildman–Crippen LogP) is 2.51. The lowest BCUT2D eigenvalue weighted by atomic mass is 10.2. The minimum Gasteiger partial charge on any atom is -0.494 e. The van der Waals surface area contributed by atoms with Gasteiger partial charge >= 0.3 is 5.97 Å². The Kier molecular flexibility index (Phi) is 10.8. The third-order valence-electron chi connectivity index (χ3n) is 2.99. The molecule has 0 heterocycles. The fraction of sp³-hybridized carbons (Fsp3) is 0.500. The van der Waals surface area contributed by atoms with Crippen molar-refractivity contribution < 1.29 is 19.1 Å². The number of nitrogens with two attached hydrogens (primary N) is 1. The second kappa shape index (κ2) is 11.7. The summed E-state index contributed by atoms with van der Waals surface area (Å²) in [6, 6.07) is 7.13. The number of anilines is 1. The first-order valence-corrected chi connectivity index (χ1v) is 7.36. The van der Waals surface area contributed by atoms with E-state index in [0.717, 1.165) is 5.69 Å². The highest BCUT2D eigenvalue weighted by Crippen LogP contribution is 2.16. The number of nitrogens with one attached hydrogen (secondary N) is 1. The van der Waals surface area contributed by atoms with Crippen molar-refractivity contribution in [2.75, 3.05) is 19.0 Å². The molecule has 0 aliphatic rings. The van der Waals surface area contributed by atoms with Gasteiger partial charge in [-0.25, -0.2) is 0 Å². The van der Waals surface area contributed by atoms with Crippen molar-refractivity contribution in [1.82, 2.24) is 0 Å². The summed E-state index contributed by atoms with van der Waals surface area (Å²) >= 11 is 0. The summed E-state index contributed by atoms with van der Waals surface area (Å²) < 4.78 is 10.1. The summed E-state index contributed by atoms with van der Waals surface area (Å²) in [4.78, 5) is 22.6. The molecule has 1 rings (SSSR count). The van der Waals surface area contributed by atoms with Crippen LogP contribution in [-0.4, -0.2) is 31.6 Å². The van der Waals surface area contributed by atoms with Crippen molar-refractivity contribution in [2.24, 2.45) is 5.73 Å². The lowest BCUT2D eigenvalue weighted by Gasteiger charge is -2.09. The summed E-state index contributed by atoms with van der Waals surface area (Å²) in [5.41, 5.74) is 6.33. The summed E-state index contributed by atoms with van der Waals surface area (Å²) in [5.74, 6) is 0.399. The molecule has 1 aromatic rings. The number of carbonyl (C=O) groups excluding carboxylic acids is 2. The molecule has 23 heavy (non-hydrogen) atoms. The number of amides is 1. The minimum atomic E-state index is -0.242. The van der Waals surface area contributed by atoms with E-state index in [1.165, 1.54) is 7.11 Å². The van der Waals surface area contributed by atoms with E-state index in [1.54, 1.807) is 24.3 Å². The van der Waals surface area contributed by atoms with Crippen LogP contribution in [0.4, 0.5) is 5.69 Å². The first-order valence-electron chi connectivity index (χ1n) is 7.36. The van der Waals surface area contributed by atoms with Gasteiger partial charge in [0.05, 0.1) is 13.7 Å². The Morgan fingerprint density at radius 1 is 1.22 bits per heavy atom. The average Bonchev–Trinajstić information content (AvgIpc) is 2.50. The minimum absolute atomic E-state index is 0. The number of ether oxygens (including phenoxy) is 2. The Bertz CT molecular complexity index is 477. The average molecular weight is 345 g/mol. The van der Waals surface area contributed by atoms with E-state index in [2.05, 4.69) is 10.1 Å². The fourth-order valence-corrected chi connectivity index (χ4v) is 1.73. The summed E-state index contributed by atoms with van der Waals surface area (Å²) in [6.07, 6.45) is 2.00. The van der Waals surface area contributed by atoms with Crippen LogP contribution in [0.5, 0.6) is 5.75 Å². The molecule has 0 aromatic heterocycles. The maximum absolute atomic E-state index is 11.7. The van der Waals surface area contributed by atoms with Gasteiger partial charge in [0.1, 0.15) is 5.75 Å². The second-order valence-electron chi connectivity index (χ2n) is 5.12. The number of hydrogen-bond acceptors (Lipinski definition) is 5. The van der Waals surface area contributed by atoms with Gasteiger partial charge in [-0.2, -0.15) is 0 Å². The molecule has 0 fully saturated rings. The van der Waals surface area contributed by atoms with Gasteiger partial charge in [0.15, 0.2) is 0 Å². The van der Waals surface area contributed by atoms with Gasteiger partial charge < -0.3 is 20.5 Å². The van der Waals surface area contributed by atoms with E-state index in [1.807, 2.05) is 6.92 Å². The van der Waals surface area contributed by atoms with E-state index < -0.39 is 0 Å². The molecule has 0 spiro atoms. The van der Waals surface area contributed by atoms with Crippen molar-refractivity contribution in [2.45, 2.75) is 38.6 Å². The maximum Gasteiger partial charge on any atom is 0.305 e. The number of hydrogen-bond donors (Lipinski definition) is 2. The fourth-order valence-electron chi connectivity index (χ4n) is 1.73. The van der Waals surface area contributed by atoms with Crippen LogP contribution in [0.2, 0.25) is 0 Å². The van der Waals surface area contributed by atoms with Gasteiger partial charge in [0, 0.05) is 24.6 Å². The third kappa shape index (κ3) is 9.76. The molecule has 0 radical (unpaired) electrons. The molecular formula is C16H25ClN2O4. The topological polar surface area (TPSA) is 90.6 Å². The molecule has 1 unspecified atom stereocenters. The molecule has 0 aliphatic heterocycles. The molecule has 1 atom stereocenters. The first kappa shape index (κ1) is 21.2. The van der Waals surface area contributed by atoms with Crippen LogP contribution in [0.25, 0.3) is 0 Å². The van der Waals surface area contributed by atoms with Gasteiger partial charge in [-0.05, 0) is 44.0 Å². The van der Waals surface area contributed by atoms with Crippen LogP contribution in [0.1, 0.15) is 32.6 Å². The highest BCUT2D eigenvalue weighted by molar-refractivity contribution is 5.90. The highest BCUT2D eigenvalue weighted by Gasteiger charge is 2.05. The molecule has 3 N–H and O–H groups in total. The summed E-state index contributed by atoms with van der Waals surface area (Å²) in [5, 5.41) is 2.80. The van der Waals surface area contributed by atoms with E-state index in [-0.39, 0.29) is 30.3 Å². The maximum atomic E-state index is 11.7. The first-order chi connectivity index (χ1) is 10.5. The molecule has 1 amide bonds. The Balaban J connectivity index is 0.00000484. The van der Waals surface area contributed by atoms with E-state index in [4.69, 9.17) is 10.5 Å². The van der Waals surface area contributed by atoms with Crippen molar-refractivity contribution in [3.8, 4) is 5.75 Å². The molecule has 6 nitrogen and oxygen atoms in total. The van der Waals surface area contributed by atoms with E-state index >= 15 is 0 Å². The molecule has 0 saturated heterocycles. The zero-order valence-corrected chi connectivity index (χ0v) is 14.4. The molecule has 0 aliphatic carbocycles. The van der Waals surface area contributed by atoms with Gasteiger partial charge in [-0.15, -0.1) is 12.4 Å². The number of esters is 1. The number of benzene rings is 1. The Morgan fingerprint density at radius 3 is 2.43 bits per heavy atom. The second-order valence-corrected chi connectivity index (χ2v) is 5.12. The molecule has 0 saturated carbocycles. The van der Waals surface area contributed by atoms with Crippen LogP contribution >= 0.6 is 12.4 Å². The van der Waals surface area contributed by atoms with Gasteiger partial charge in [0.25, 0.3) is 0 Å². The lowest BCUT2D eigenvalue weighted by molar-refractivity contribution is -0.140. The molecule has 0 bridgehead atoms. The van der Waals surface area contributed by atoms with Crippen molar-refractivity contribution in [3.05, 3.63) is 24.3 Å². The van der Waals surface area contributed by atoms with Crippen molar-refractivity contribution in [1.29, 1.82) is 0 Å².